The van der Waals surface area contributed by atoms with Gasteiger partial charge in [-0.25, -0.2) is 4.98 Å². The van der Waals surface area contributed by atoms with Crippen molar-refractivity contribution >= 4 is 30.1 Å². The number of hydrogen-bond donors (Lipinski definition) is 0. The topological polar surface area (TPSA) is 24.3 Å². The van der Waals surface area contributed by atoms with Gasteiger partial charge in [-0.1, -0.05) is 12.1 Å². The predicted octanol–water partition coefficient (Wildman–Crippen LogP) is 3.65. The van der Waals surface area contributed by atoms with Crippen LogP contribution in [-0.2, 0) is 29.0 Å². The molecule has 3 rings (SSSR count). The number of hydrogen-bond acceptors (Lipinski definition) is 3. The minimum absolute atomic E-state index is 0.106. The van der Waals surface area contributed by atoms with Gasteiger partial charge in [-0.05, 0) is 19.1 Å². The number of imidazole rings is 1. The average molecular weight is 418 g/mol. The second kappa shape index (κ2) is 8.05. The van der Waals surface area contributed by atoms with E-state index in [9.17, 15) is 0 Å². The average Bonchev–Trinajstić information content (AvgIpc) is 3.03. The van der Waals surface area contributed by atoms with E-state index in [1.54, 1.807) is 0 Å². The third kappa shape index (κ3) is 4.14. The summed E-state index contributed by atoms with van der Waals surface area (Å²) in [4.78, 5) is 8.64. The summed E-state index contributed by atoms with van der Waals surface area (Å²) in [5.74, 6) is 1.08. The van der Waals surface area contributed by atoms with E-state index in [0.717, 1.165) is 24.4 Å². The van der Waals surface area contributed by atoms with Crippen LogP contribution < -0.4 is 0 Å². The molecular weight excluding hydrogens is 402 g/mol. The van der Waals surface area contributed by atoms with Crippen LogP contribution in [-0.4, -0.2) is 26.4 Å². The Labute approximate surface area is 141 Å². The molecule has 0 unspecified atom stereocenters. The van der Waals surface area contributed by atoms with Crippen molar-refractivity contribution in [3.8, 4) is 0 Å². The Hall–Kier alpha value is -0.728. The zero-order valence-corrected chi connectivity index (χ0v) is 14.8. The predicted molar refractivity (Wildman–Crippen MR) is 82.8 cm³/mol. The molecule has 2 heterocycles. The van der Waals surface area contributed by atoms with Crippen LogP contribution in [0.1, 0.15) is 12.7 Å². The number of fused-ring (bicyclic) bond motifs is 1. The molecule has 4 nitrogen and oxygen atoms in total. The molecule has 0 amide bonds. The van der Waals surface area contributed by atoms with Crippen molar-refractivity contribution in [2.75, 3.05) is 7.05 Å². The third-order valence-electron chi connectivity index (χ3n) is 3.12. The Bertz CT molecular complexity index is 614. The molecule has 1 aromatic heterocycles. The summed E-state index contributed by atoms with van der Waals surface area (Å²) in [7, 11) is 11.6. The van der Waals surface area contributed by atoms with Crippen LogP contribution in [0.3, 0.4) is 0 Å². The molecule has 0 N–H and O–H groups in total. The Kier molecular flexibility index (Phi) is 6.38. The first kappa shape index (κ1) is 16.6. The molecule has 0 bridgehead atoms. The van der Waals surface area contributed by atoms with Crippen LogP contribution in [0.2, 0.25) is 0 Å². The first-order chi connectivity index (χ1) is 10.2. The van der Waals surface area contributed by atoms with E-state index in [4.69, 9.17) is 24.0 Å². The Morgan fingerprint density at radius 1 is 1.24 bits per heavy atom. The third-order valence-corrected chi connectivity index (χ3v) is 3.12. The summed E-state index contributed by atoms with van der Waals surface area (Å²) < 4.78 is 2.25. The summed E-state index contributed by atoms with van der Waals surface area (Å²) in [6, 6.07) is 8.27. The van der Waals surface area contributed by atoms with E-state index in [1.165, 1.54) is 5.52 Å². The van der Waals surface area contributed by atoms with Crippen molar-refractivity contribution in [3.63, 3.8) is 0 Å². The second-order valence-electron chi connectivity index (χ2n) is 4.44. The zero-order valence-electron chi connectivity index (χ0n) is 11.7. The van der Waals surface area contributed by atoms with E-state index >= 15 is 0 Å². The fourth-order valence-electron chi connectivity index (χ4n) is 2.29. The van der Waals surface area contributed by atoms with Gasteiger partial charge in [0.1, 0.15) is 5.82 Å². The van der Waals surface area contributed by atoms with Crippen molar-refractivity contribution in [1.82, 2.24) is 19.4 Å². The summed E-state index contributed by atoms with van der Waals surface area (Å²) >= 11 is -0.106. The van der Waals surface area contributed by atoms with Gasteiger partial charge >= 0.3 is 35.0 Å². The SMILES string of the molecule is CCn1c(CN2[C]N(C)C=C2)nc2ccccc21.[Cl][Pd][Cl]. The number of aryl methyl sites for hydroxylation is 1. The number of rotatable bonds is 3. The Morgan fingerprint density at radius 3 is 2.57 bits per heavy atom. The maximum absolute atomic E-state index is 4.81. The molecule has 0 fully saturated rings. The molecule has 1 aliphatic rings. The molecule has 0 aliphatic carbocycles. The van der Waals surface area contributed by atoms with Crippen LogP contribution >= 0.6 is 19.1 Å². The van der Waals surface area contributed by atoms with Gasteiger partial charge in [0.15, 0.2) is 0 Å². The molecule has 0 saturated carbocycles. The summed E-state index contributed by atoms with van der Waals surface area (Å²) in [6.45, 7) is 7.04. The van der Waals surface area contributed by atoms with Gasteiger partial charge in [-0.2, -0.15) is 0 Å². The van der Waals surface area contributed by atoms with Crippen molar-refractivity contribution in [2.24, 2.45) is 0 Å². The van der Waals surface area contributed by atoms with Crippen molar-refractivity contribution < 1.29 is 15.9 Å². The molecule has 2 aromatic rings. The number of para-hydroxylation sites is 2. The first-order valence-corrected chi connectivity index (χ1v) is 10.4. The van der Waals surface area contributed by atoms with Gasteiger partial charge in [0, 0.05) is 26.0 Å². The van der Waals surface area contributed by atoms with Gasteiger partial charge in [-0.15, -0.1) is 0 Å². The van der Waals surface area contributed by atoms with E-state index in [2.05, 4.69) is 36.4 Å². The Balaban J connectivity index is 0.000000497. The number of nitrogens with zero attached hydrogens (tertiary/aromatic N) is 4. The number of benzene rings is 1. The van der Waals surface area contributed by atoms with Crippen molar-refractivity contribution in [3.05, 3.63) is 49.2 Å². The quantitative estimate of drug-likeness (QED) is 0.713. The first-order valence-electron chi connectivity index (χ1n) is 6.40. The molecule has 116 valence electrons. The van der Waals surface area contributed by atoms with Crippen LogP contribution in [0.5, 0.6) is 0 Å². The van der Waals surface area contributed by atoms with Gasteiger partial charge in [0.2, 0.25) is 6.67 Å². The van der Waals surface area contributed by atoms with Crippen LogP contribution in [0, 0.1) is 6.67 Å². The van der Waals surface area contributed by atoms with E-state index < -0.39 is 0 Å². The summed E-state index contributed by atoms with van der Waals surface area (Å²) in [6.07, 6.45) is 4.00. The van der Waals surface area contributed by atoms with E-state index in [-0.39, 0.29) is 15.9 Å². The fraction of sp³-hybridized carbons (Fsp3) is 0.286. The van der Waals surface area contributed by atoms with Gasteiger partial charge < -0.3 is 14.4 Å². The zero-order chi connectivity index (χ0) is 15.2. The molecule has 1 aromatic carbocycles. The molecule has 0 spiro atoms. The number of aromatic nitrogens is 2. The van der Waals surface area contributed by atoms with Crippen LogP contribution in [0.4, 0.5) is 0 Å². The molecule has 2 radical (unpaired) electrons. The molecule has 7 heteroatoms. The monoisotopic (exact) mass is 416 g/mol. The normalized spacial score (nSPS) is 13.9. The standard InChI is InChI=1S/C14H16N4.2ClH.Pd/c1-3-18-13-7-5-4-6-12(13)15-14(18)10-17-9-8-16(2)11-17;;;/h4-9H,3,10H2,1-2H3;2*1H;/q;;;+2/p-2. The number of halogens is 2. The van der Waals surface area contributed by atoms with E-state index in [1.807, 2.05) is 35.3 Å². The van der Waals surface area contributed by atoms with Crippen LogP contribution in [0.25, 0.3) is 11.0 Å². The van der Waals surface area contributed by atoms with Crippen LogP contribution in [0.15, 0.2) is 36.7 Å². The summed E-state index contributed by atoms with van der Waals surface area (Å²) in [5.41, 5.74) is 2.26. The van der Waals surface area contributed by atoms with Gasteiger partial charge in [0.25, 0.3) is 0 Å². The van der Waals surface area contributed by atoms with Crippen molar-refractivity contribution in [1.29, 1.82) is 0 Å². The molecule has 21 heavy (non-hydrogen) atoms. The molecule has 0 atom stereocenters. The molecule has 1 aliphatic heterocycles. The van der Waals surface area contributed by atoms with Gasteiger partial charge in [-0.3, -0.25) is 0 Å². The fourth-order valence-corrected chi connectivity index (χ4v) is 2.29. The second-order valence-corrected chi connectivity index (χ2v) is 6.80. The molecular formula is C14H16Cl2N4Pd. The maximum atomic E-state index is 4.81. The summed E-state index contributed by atoms with van der Waals surface area (Å²) in [5, 5.41) is 0. The van der Waals surface area contributed by atoms with Crippen molar-refractivity contribution in [2.45, 2.75) is 20.0 Å². The van der Waals surface area contributed by atoms with E-state index in [0.29, 0.717) is 0 Å². The molecule has 0 saturated heterocycles. The minimum atomic E-state index is -0.106. The Morgan fingerprint density at radius 2 is 1.95 bits per heavy atom. The van der Waals surface area contributed by atoms with Gasteiger partial charge in [0.05, 0.1) is 17.6 Å².